The molecule has 0 aliphatic carbocycles. The average molecular weight is 357 g/mol. The van der Waals surface area contributed by atoms with Gasteiger partial charge in [0.1, 0.15) is 5.75 Å². The van der Waals surface area contributed by atoms with Gasteiger partial charge in [0, 0.05) is 28.9 Å². The number of fused-ring (bicyclic) bond motifs is 1. The van der Waals surface area contributed by atoms with Crippen LogP contribution < -0.4 is 10.1 Å². The molecule has 0 aliphatic rings. The lowest BCUT2D eigenvalue weighted by atomic mass is 10.1. The lowest BCUT2D eigenvalue weighted by Gasteiger charge is -2.10. The molecule has 2 aromatic heterocycles. The van der Waals surface area contributed by atoms with Crippen molar-refractivity contribution in [2.45, 2.75) is 39.7 Å². The predicted molar refractivity (Wildman–Crippen MR) is 101 cm³/mol. The van der Waals surface area contributed by atoms with Crippen LogP contribution in [0.15, 0.2) is 35.8 Å². The van der Waals surface area contributed by atoms with Crippen LogP contribution in [0.5, 0.6) is 5.75 Å². The summed E-state index contributed by atoms with van der Waals surface area (Å²) in [5.41, 5.74) is 2.90. The van der Waals surface area contributed by atoms with Crippen molar-refractivity contribution in [3.8, 4) is 17.0 Å². The molecule has 1 aromatic carbocycles. The Morgan fingerprint density at radius 3 is 2.76 bits per heavy atom. The number of rotatable bonds is 7. The maximum Gasteiger partial charge on any atom is 0.226 e. The van der Waals surface area contributed by atoms with Crippen LogP contribution in [0.2, 0.25) is 0 Å². The van der Waals surface area contributed by atoms with Crippen molar-refractivity contribution in [3.05, 3.63) is 41.5 Å². The maximum atomic E-state index is 12.1. The van der Waals surface area contributed by atoms with Crippen molar-refractivity contribution < 1.29 is 9.53 Å². The molecule has 3 aromatic rings. The summed E-state index contributed by atoms with van der Waals surface area (Å²) in [6, 6.07) is 8.11. The quantitative estimate of drug-likeness (QED) is 0.697. The molecule has 1 N–H and O–H groups in total. The van der Waals surface area contributed by atoms with Crippen LogP contribution in [0, 0.1) is 0 Å². The van der Waals surface area contributed by atoms with E-state index in [1.54, 1.807) is 11.3 Å². The van der Waals surface area contributed by atoms with E-state index in [9.17, 15) is 4.79 Å². The Morgan fingerprint density at radius 2 is 2.08 bits per heavy atom. The van der Waals surface area contributed by atoms with Gasteiger partial charge in [-0.3, -0.25) is 9.20 Å². The van der Waals surface area contributed by atoms with E-state index >= 15 is 0 Å². The zero-order valence-corrected chi connectivity index (χ0v) is 15.6. The molecule has 132 valence electrons. The summed E-state index contributed by atoms with van der Waals surface area (Å²) in [7, 11) is 0. The van der Waals surface area contributed by atoms with Gasteiger partial charge in [-0.15, -0.1) is 11.3 Å². The lowest BCUT2D eigenvalue weighted by Crippen LogP contribution is -2.33. The molecule has 0 saturated carbocycles. The third-order valence-corrected chi connectivity index (χ3v) is 4.99. The van der Waals surface area contributed by atoms with E-state index in [0.717, 1.165) is 34.1 Å². The number of nitrogens with one attached hydrogen (secondary N) is 1. The number of imidazole rings is 1. The Kier molecular flexibility index (Phi) is 5.38. The average Bonchev–Trinajstić information content (AvgIpc) is 3.18. The summed E-state index contributed by atoms with van der Waals surface area (Å²) in [4.78, 5) is 17.7. The topological polar surface area (TPSA) is 55.6 Å². The molecule has 0 spiro atoms. The third-order valence-electron chi connectivity index (χ3n) is 4.11. The summed E-state index contributed by atoms with van der Waals surface area (Å²) in [6.07, 6.45) is 3.29. The number of hydrogen-bond donors (Lipinski definition) is 1. The highest BCUT2D eigenvalue weighted by Gasteiger charge is 2.13. The molecule has 3 rings (SSSR count). The van der Waals surface area contributed by atoms with E-state index in [-0.39, 0.29) is 11.9 Å². The smallest absolute Gasteiger partial charge is 0.226 e. The summed E-state index contributed by atoms with van der Waals surface area (Å²) < 4.78 is 7.48. The van der Waals surface area contributed by atoms with Gasteiger partial charge in [-0.2, -0.15) is 0 Å². The Bertz CT molecular complexity index is 851. The molecule has 1 unspecified atom stereocenters. The minimum absolute atomic E-state index is 0.0466. The summed E-state index contributed by atoms with van der Waals surface area (Å²) in [5.74, 6) is 0.903. The zero-order chi connectivity index (χ0) is 17.8. The van der Waals surface area contributed by atoms with E-state index in [1.807, 2.05) is 54.1 Å². The minimum atomic E-state index is 0.0466. The summed E-state index contributed by atoms with van der Waals surface area (Å²) in [5, 5.41) is 5.01. The summed E-state index contributed by atoms with van der Waals surface area (Å²) in [6.45, 7) is 6.70. The standard InChI is InChI=1S/C19H23N3O2S/c1-4-13(3)20-18(23)10-15-12-25-19-21-17(11-22(15)19)14-6-8-16(9-7-14)24-5-2/h6-9,11-13H,4-5,10H2,1-3H3,(H,20,23). The van der Waals surface area contributed by atoms with Crippen LogP contribution in [0.4, 0.5) is 0 Å². The first-order valence-electron chi connectivity index (χ1n) is 8.58. The molecule has 6 heteroatoms. The second-order valence-corrected chi connectivity index (χ2v) is 6.85. The Balaban J connectivity index is 1.79. The molecular weight excluding hydrogens is 334 g/mol. The van der Waals surface area contributed by atoms with Crippen molar-refractivity contribution in [2.75, 3.05) is 6.61 Å². The lowest BCUT2D eigenvalue weighted by molar-refractivity contribution is -0.121. The fourth-order valence-corrected chi connectivity index (χ4v) is 3.45. The van der Waals surface area contributed by atoms with Crippen LogP contribution in [0.25, 0.3) is 16.2 Å². The number of carbonyl (C=O) groups is 1. The summed E-state index contributed by atoms with van der Waals surface area (Å²) >= 11 is 1.55. The minimum Gasteiger partial charge on any atom is -0.494 e. The number of carbonyl (C=O) groups excluding carboxylic acids is 1. The second-order valence-electron chi connectivity index (χ2n) is 6.02. The molecular formula is C19H23N3O2S. The Labute approximate surface area is 151 Å². The number of nitrogens with zero attached hydrogens (tertiary/aromatic N) is 2. The van der Waals surface area contributed by atoms with Gasteiger partial charge in [-0.1, -0.05) is 6.92 Å². The van der Waals surface area contributed by atoms with Crippen LogP contribution in [0.1, 0.15) is 32.9 Å². The number of hydrogen-bond acceptors (Lipinski definition) is 4. The molecule has 0 saturated heterocycles. The van der Waals surface area contributed by atoms with E-state index in [4.69, 9.17) is 4.74 Å². The largest absolute Gasteiger partial charge is 0.494 e. The van der Waals surface area contributed by atoms with Gasteiger partial charge in [0.15, 0.2) is 4.96 Å². The van der Waals surface area contributed by atoms with Gasteiger partial charge in [0.2, 0.25) is 5.91 Å². The molecule has 1 amide bonds. The fraction of sp³-hybridized carbons (Fsp3) is 0.368. The van der Waals surface area contributed by atoms with E-state index in [2.05, 4.69) is 17.2 Å². The Hall–Kier alpha value is -2.34. The highest BCUT2D eigenvalue weighted by atomic mass is 32.1. The molecule has 0 radical (unpaired) electrons. The zero-order valence-electron chi connectivity index (χ0n) is 14.8. The predicted octanol–water partition coefficient (Wildman–Crippen LogP) is 3.92. The first-order valence-corrected chi connectivity index (χ1v) is 9.46. The van der Waals surface area contributed by atoms with Crippen LogP contribution >= 0.6 is 11.3 Å². The Morgan fingerprint density at radius 1 is 1.32 bits per heavy atom. The third kappa shape index (κ3) is 4.02. The SMILES string of the molecule is CCOc1ccc(-c2cn3c(CC(=O)NC(C)CC)csc3n2)cc1. The van der Waals surface area contributed by atoms with Crippen molar-refractivity contribution in [1.82, 2.24) is 14.7 Å². The monoisotopic (exact) mass is 357 g/mol. The highest BCUT2D eigenvalue weighted by Crippen LogP contribution is 2.25. The van der Waals surface area contributed by atoms with Crippen molar-refractivity contribution >= 4 is 22.2 Å². The van der Waals surface area contributed by atoms with Gasteiger partial charge >= 0.3 is 0 Å². The van der Waals surface area contributed by atoms with Crippen LogP contribution in [0.3, 0.4) is 0 Å². The van der Waals surface area contributed by atoms with E-state index < -0.39 is 0 Å². The van der Waals surface area contributed by atoms with E-state index in [0.29, 0.717) is 13.0 Å². The van der Waals surface area contributed by atoms with Crippen molar-refractivity contribution in [1.29, 1.82) is 0 Å². The van der Waals surface area contributed by atoms with Crippen LogP contribution in [-0.2, 0) is 11.2 Å². The van der Waals surface area contributed by atoms with Gasteiger partial charge in [-0.05, 0) is 44.5 Å². The first-order chi connectivity index (χ1) is 12.1. The van der Waals surface area contributed by atoms with Gasteiger partial charge in [0.25, 0.3) is 0 Å². The number of aromatic nitrogens is 2. The van der Waals surface area contributed by atoms with Crippen molar-refractivity contribution in [3.63, 3.8) is 0 Å². The van der Waals surface area contributed by atoms with E-state index in [1.165, 1.54) is 0 Å². The maximum absolute atomic E-state index is 12.1. The normalized spacial score (nSPS) is 12.3. The first kappa shape index (κ1) is 17.5. The number of benzene rings is 1. The molecule has 1 atom stereocenters. The molecule has 5 nitrogen and oxygen atoms in total. The molecule has 0 bridgehead atoms. The molecule has 25 heavy (non-hydrogen) atoms. The molecule has 2 heterocycles. The van der Waals surface area contributed by atoms with Gasteiger partial charge in [-0.25, -0.2) is 4.98 Å². The number of ether oxygens (including phenoxy) is 1. The van der Waals surface area contributed by atoms with Crippen LogP contribution in [-0.4, -0.2) is 27.9 Å². The van der Waals surface area contributed by atoms with Crippen molar-refractivity contribution in [2.24, 2.45) is 0 Å². The van der Waals surface area contributed by atoms with Gasteiger partial charge < -0.3 is 10.1 Å². The number of amides is 1. The fourth-order valence-electron chi connectivity index (χ4n) is 2.58. The number of thiazole rings is 1. The van der Waals surface area contributed by atoms with Gasteiger partial charge in [0.05, 0.1) is 18.7 Å². The highest BCUT2D eigenvalue weighted by molar-refractivity contribution is 7.15. The molecule has 0 aliphatic heterocycles. The molecule has 0 fully saturated rings. The second kappa shape index (κ2) is 7.70.